The predicted molar refractivity (Wildman–Crippen MR) is 158 cm³/mol. The number of hydrogen-bond donors (Lipinski definition) is 0. The number of nitrogens with zero attached hydrogens (tertiary/aromatic N) is 1. The lowest BCUT2D eigenvalue weighted by molar-refractivity contribution is 0.869. The molecule has 0 saturated carbocycles. The Morgan fingerprint density at radius 2 is 0.861 bits per heavy atom. The summed E-state index contributed by atoms with van der Waals surface area (Å²) in [6.45, 7) is 13.7. The highest BCUT2D eigenvalue weighted by molar-refractivity contribution is 6.26. The van der Waals surface area contributed by atoms with Gasteiger partial charge >= 0.3 is 0 Å². The van der Waals surface area contributed by atoms with Gasteiger partial charge < -0.3 is 4.40 Å². The van der Waals surface area contributed by atoms with Gasteiger partial charge in [-0.1, -0.05) is 77.9 Å². The van der Waals surface area contributed by atoms with E-state index in [4.69, 9.17) is 0 Å². The Morgan fingerprint density at radius 1 is 0.417 bits per heavy atom. The Labute approximate surface area is 212 Å². The fraction of sp³-hybridized carbons (Fsp3) is 0.257. The van der Waals surface area contributed by atoms with Crippen LogP contribution in [0, 0.1) is 0 Å². The van der Waals surface area contributed by atoms with Crippen molar-refractivity contribution in [3.05, 3.63) is 89.5 Å². The summed E-state index contributed by atoms with van der Waals surface area (Å²) in [5.74, 6) is 1.54. The van der Waals surface area contributed by atoms with E-state index in [1.807, 2.05) is 0 Å². The summed E-state index contributed by atoms with van der Waals surface area (Å²) in [4.78, 5) is 0. The van der Waals surface area contributed by atoms with Crippen LogP contribution in [0.2, 0.25) is 0 Å². The van der Waals surface area contributed by atoms with Gasteiger partial charge in [0.1, 0.15) is 0 Å². The summed E-state index contributed by atoms with van der Waals surface area (Å²) in [6, 6.07) is 28.6. The monoisotopic (exact) mass is 467 g/mol. The molecule has 0 atom stereocenters. The van der Waals surface area contributed by atoms with E-state index >= 15 is 0 Å². The molecule has 0 aliphatic heterocycles. The van der Waals surface area contributed by atoms with Crippen molar-refractivity contribution in [2.45, 2.75) is 59.3 Å². The van der Waals surface area contributed by atoms with Crippen LogP contribution in [0.4, 0.5) is 0 Å². The van der Waals surface area contributed by atoms with Crippen molar-refractivity contribution < 1.29 is 0 Å². The van der Waals surface area contributed by atoms with Gasteiger partial charge in [0.05, 0.1) is 16.6 Å². The zero-order valence-corrected chi connectivity index (χ0v) is 22.1. The Bertz CT molecular complexity index is 1830. The van der Waals surface area contributed by atoms with E-state index in [1.54, 1.807) is 0 Å². The Morgan fingerprint density at radius 3 is 1.28 bits per heavy atom. The summed E-state index contributed by atoms with van der Waals surface area (Å²) in [5.41, 5.74) is 8.21. The lowest BCUT2D eigenvalue weighted by atomic mass is 9.95. The van der Waals surface area contributed by atoms with Crippen molar-refractivity contribution in [1.29, 1.82) is 0 Å². The fourth-order valence-corrected chi connectivity index (χ4v) is 6.14. The average molecular weight is 468 g/mol. The first kappa shape index (κ1) is 21.7. The molecule has 5 aromatic carbocycles. The molecule has 0 unspecified atom stereocenters. The van der Waals surface area contributed by atoms with Crippen molar-refractivity contribution in [3.63, 3.8) is 0 Å². The number of aromatic nitrogens is 1. The van der Waals surface area contributed by atoms with E-state index in [1.165, 1.54) is 76.3 Å². The number of benzene rings is 5. The Balaban J connectivity index is 1.67. The number of rotatable bonds is 3. The molecule has 0 aliphatic carbocycles. The number of fused-ring (bicyclic) bond motifs is 8. The van der Waals surface area contributed by atoms with Gasteiger partial charge in [-0.05, 0) is 92.4 Å². The lowest BCUT2D eigenvalue weighted by Crippen LogP contribution is -1.88. The van der Waals surface area contributed by atoms with Crippen molar-refractivity contribution in [3.8, 4) is 0 Å². The van der Waals surface area contributed by atoms with Crippen LogP contribution >= 0.6 is 0 Å². The van der Waals surface area contributed by atoms with Gasteiger partial charge in [0.2, 0.25) is 0 Å². The second kappa shape index (κ2) is 7.46. The first-order chi connectivity index (χ1) is 17.3. The minimum Gasteiger partial charge on any atom is -0.308 e. The molecule has 7 rings (SSSR count). The molecule has 1 nitrogen and oxygen atoms in total. The van der Waals surface area contributed by atoms with Gasteiger partial charge in [0.25, 0.3) is 0 Å². The Hall–Kier alpha value is -3.58. The summed E-state index contributed by atoms with van der Waals surface area (Å²) < 4.78 is 2.53. The lowest BCUT2D eigenvalue weighted by Gasteiger charge is -2.09. The van der Waals surface area contributed by atoms with Crippen LogP contribution in [0.25, 0.3) is 59.6 Å². The molecule has 36 heavy (non-hydrogen) atoms. The maximum Gasteiger partial charge on any atom is 0.0620 e. The summed E-state index contributed by atoms with van der Waals surface area (Å²) >= 11 is 0. The molecule has 0 saturated heterocycles. The third-order valence-corrected chi connectivity index (χ3v) is 8.38. The van der Waals surface area contributed by atoms with E-state index < -0.39 is 0 Å². The summed E-state index contributed by atoms with van der Waals surface area (Å²) in [6.07, 6.45) is 0. The minimum atomic E-state index is 0.481. The van der Waals surface area contributed by atoms with Crippen LogP contribution in [0.1, 0.15) is 76.0 Å². The predicted octanol–water partition coefficient (Wildman–Crippen LogP) is 10.5. The van der Waals surface area contributed by atoms with Gasteiger partial charge in [-0.15, -0.1) is 0 Å². The van der Waals surface area contributed by atoms with Crippen LogP contribution < -0.4 is 0 Å². The van der Waals surface area contributed by atoms with Crippen LogP contribution in [-0.4, -0.2) is 4.40 Å². The molecule has 0 spiro atoms. The maximum absolute atomic E-state index is 2.53. The van der Waals surface area contributed by atoms with Crippen LogP contribution in [0.5, 0.6) is 0 Å². The Kier molecular flexibility index (Phi) is 4.49. The van der Waals surface area contributed by atoms with Crippen molar-refractivity contribution >= 4 is 59.6 Å². The normalized spacial score (nSPS) is 12.9. The maximum atomic E-state index is 2.53. The van der Waals surface area contributed by atoms with E-state index in [0.29, 0.717) is 17.8 Å². The van der Waals surface area contributed by atoms with Crippen LogP contribution in [0.15, 0.2) is 72.8 Å². The minimum absolute atomic E-state index is 0.481. The topological polar surface area (TPSA) is 4.41 Å². The SMILES string of the molecule is CC(C)c1ccc2cc3c(cc2c1)c1cc(C(C)C)cc2c4cc5cc(C(C)C)ccc5cc4n3c12. The van der Waals surface area contributed by atoms with Gasteiger partial charge in [0, 0.05) is 21.5 Å². The van der Waals surface area contributed by atoms with E-state index in [2.05, 4.69) is 119 Å². The van der Waals surface area contributed by atoms with Crippen LogP contribution in [0.3, 0.4) is 0 Å². The molecule has 0 amide bonds. The quantitative estimate of drug-likeness (QED) is 0.243. The fourth-order valence-electron chi connectivity index (χ4n) is 6.14. The second-order valence-electron chi connectivity index (χ2n) is 11.7. The molecule has 0 radical (unpaired) electrons. The van der Waals surface area contributed by atoms with Crippen LogP contribution in [-0.2, 0) is 0 Å². The van der Waals surface area contributed by atoms with Gasteiger partial charge in [-0.3, -0.25) is 0 Å². The highest BCUT2D eigenvalue weighted by Crippen LogP contribution is 2.43. The third kappa shape index (κ3) is 2.95. The molecular weight excluding hydrogens is 434 g/mol. The summed E-state index contributed by atoms with van der Waals surface area (Å²) in [5, 5.41) is 10.8. The van der Waals surface area contributed by atoms with Crippen molar-refractivity contribution in [1.82, 2.24) is 4.40 Å². The van der Waals surface area contributed by atoms with Gasteiger partial charge in [-0.25, -0.2) is 0 Å². The molecule has 178 valence electrons. The molecule has 0 bridgehead atoms. The first-order valence-corrected chi connectivity index (χ1v) is 13.4. The van der Waals surface area contributed by atoms with Crippen molar-refractivity contribution in [2.75, 3.05) is 0 Å². The molecule has 0 fully saturated rings. The third-order valence-electron chi connectivity index (χ3n) is 8.38. The van der Waals surface area contributed by atoms with Gasteiger partial charge in [0.15, 0.2) is 0 Å². The molecular formula is C35H33N. The highest BCUT2D eigenvalue weighted by atomic mass is 14.9. The van der Waals surface area contributed by atoms with E-state index in [9.17, 15) is 0 Å². The number of hydrogen-bond acceptors (Lipinski definition) is 0. The van der Waals surface area contributed by atoms with Gasteiger partial charge in [-0.2, -0.15) is 0 Å². The molecule has 1 heteroatoms. The molecule has 0 N–H and O–H groups in total. The summed E-state index contributed by atoms with van der Waals surface area (Å²) in [7, 11) is 0. The molecule has 2 aromatic heterocycles. The first-order valence-electron chi connectivity index (χ1n) is 13.4. The van der Waals surface area contributed by atoms with E-state index in [0.717, 1.165) is 0 Å². The van der Waals surface area contributed by atoms with Crippen molar-refractivity contribution in [2.24, 2.45) is 0 Å². The average Bonchev–Trinajstić information content (AvgIpc) is 3.35. The smallest absolute Gasteiger partial charge is 0.0620 e. The second-order valence-corrected chi connectivity index (χ2v) is 11.7. The zero-order chi connectivity index (χ0) is 24.9. The molecule has 2 heterocycles. The molecule has 7 aromatic rings. The molecule has 0 aliphatic rings. The highest BCUT2D eigenvalue weighted by Gasteiger charge is 2.20. The van der Waals surface area contributed by atoms with E-state index in [-0.39, 0.29) is 0 Å². The largest absolute Gasteiger partial charge is 0.308 e. The zero-order valence-electron chi connectivity index (χ0n) is 22.1. The standard InChI is InChI=1S/C35H33N/c1-19(2)22-7-9-24-17-33-29(15-27(24)11-22)31-13-26(21(5)6)14-32-30-16-28-12-23(20(3)4)8-10-25(28)18-34(30)36(33)35(31)32/h7-21H,1-6H3.